The molecule has 0 aliphatic carbocycles. The molecule has 0 unspecified atom stereocenters. The Bertz CT molecular complexity index is 932. The fourth-order valence-electron chi connectivity index (χ4n) is 2.53. The van der Waals surface area contributed by atoms with Gasteiger partial charge in [0.2, 0.25) is 0 Å². The van der Waals surface area contributed by atoms with Crippen LogP contribution in [0.3, 0.4) is 0 Å². The maximum Gasteiger partial charge on any atom is 0.265 e. The Morgan fingerprint density at radius 1 is 1.11 bits per heavy atom. The zero-order chi connectivity index (χ0) is 20.9. The Morgan fingerprint density at radius 2 is 1.75 bits per heavy atom. The van der Waals surface area contributed by atoms with Gasteiger partial charge in [-0.25, -0.2) is 8.42 Å². The number of carbonyl (C=O) groups is 1. The van der Waals surface area contributed by atoms with Crippen molar-refractivity contribution in [3.63, 3.8) is 0 Å². The van der Waals surface area contributed by atoms with Gasteiger partial charge in [0.05, 0.1) is 31.4 Å². The summed E-state index contributed by atoms with van der Waals surface area (Å²) in [7, 11) is 1.54. The average molecular weight is 445 g/mol. The second-order valence-corrected chi connectivity index (χ2v) is 9.44. The molecule has 6 nitrogen and oxygen atoms in total. The standard InChI is InChI=1S/C19H23Cl2N3O3S/c1-23(2)12-4-11-22-19(25)14-5-10-17(21)18(13-14)28(26,27)24(3)16-8-6-15(20)7-9-16/h5-10,13H,4,11-12H2,1-3H3,(H,22,25)/p+1. The van der Waals surface area contributed by atoms with Gasteiger partial charge < -0.3 is 10.2 Å². The van der Waals surface area contributed by atoms with Crippen molar-refractivity contribution in [1.82, 2.24) is 5.32 Å². The van der Waals surface area contributed by atoms with Crippen molar-refractivity contribution < 1.29 is 18.1 Å². The molecular formula is C19H24Cl2N3O3S+. The first-order valence-electron chi connectivity index (χ1n) is 8.74. The lowest BCUT2D eigenvalue weighted by Crippen LogP contribution is -3.05. The summed E-state index contributed by atoms with van der Waals surface area (Å²) in [5.41, 5.74) is 0.672. The molecule has 0 saturated carbocycles. The highest BCUT2D eigenvalue weighted by molar-refractivity contribution is 7.93. The number of nitrogens with one attached hydrogen (secondary N) is 2. The Kier molecular flexibility index (Phi) is 7.71. The Balaban J connectivity index is 2.23. The summed E-state index contributed by atoms with van der Waals surface area (Å²) in [4.78, 5) is 13.5. The van der Waals surface area contributed by atoms with Crippen molar-refractivity contribution in [3.05, 3.63) is 58.1 Å². The molecule has 0 bridgehead atoms. The molecule has 9 heteroatoms. The minimum Gasteiger partial charge on any atom is -0.352 e. The van der Waals surface area contributed by atoms with Crippen molar-refractivity contribution in [2.75, 3.05) is 38.5 Å². The average Bonchev–Trinajstić information content (AvgIpc) is 2.65. The van der Waals surface area contributed by atoms with Crippen LogP contribution < -0.4 is 14.5 Å². The van der Waals surface area contributed by atoms with Crippen LogP contribution in [0, 0.1) is 0 Å². The second kappa shape index (κ2) is 9.60. The first-order chi connectivity index (χ1) is 13.1. The lowest BCUT2D eigenvalue weighted by atomic mass is 10.2. The number of benzene rings is 2. The van der Waals surface area contributed by atoms with Crippen LogP contribution in [0.5, 0.6) is 0 Å². The largest absolute Gasteiger partial charge is 0.352 e. The molecule has 0 atom stereocenters. The van der Waals surface area contributed by atoms with Crippen LogP contribution in [0.2, 0.25) is 10.0 Å². The number of hydrogen-bond donors (Lipinski definition) is 2. The van der Waals surface area contributed by atoms with Crippen LogP contribution in [0.25, 0.3) is 0 Å². The molecule has 2 aromatic carbocycles. The lowest BCUT2D eigenvalue weighted by Gasteiger charge is -2.20. The summed E-state index contributed by atoms with van der Waals surface area (Å²) >= 11 is 12.0. The number of anilines is 1. The smallest absolute Gasteiger partial charge is 0.265 e. The van der Waals surface area contributed by atoms with Crippen LogP contribution in [0.4, 0.5) is 5.69 Å². The molecule has 2 N–H and O–H groups in total. The van der Waals surface area contributed by atoms with Crippen LogP contribution in [0.1, 0.15) is 16.8 Å². The third-order valence-corrected chi connectivity index (χ3v) is 6.68. The van der Waals surface area contributed by atoms with E-state index in [0.717, 1.165) is 17.3 Å². The summed E-state index contributed by atoms with van der Waals surface area (Å²) in [6.45, 7) is 1.44. The maximum atomic E-state index is 13.0. The third-order valence-electron chi connectivity index (χ3n) is 4.16. The van der Waals surface area contributed by atoms with E-state index in [1.54, 1.807) is 24.3 Å². The Hall–Kier alpha value is -1.80. The van der Waals surface area contributed by atoms with E-state index >= 15 is 0 Å². The highest BCUT2D eigenvalue weighted by Crippen LogP contribution is 2.29. The van der Waals surface area contributed by atoms with E-state index in [4.69, 9.17) is 23.2 Å². The molecule has 152 valence electrons. The summed E-state index contributed by atoms with van der Waals surface area (Å²) in [6, 6.07) is 10.6. The Morgan fingerprint density at radius 3 is 2.36 bits per heavy atom. The summed E-state index contributed by atoms with van der Waals surface area (Å²) in [5, 5.41) is 3.35. The number of amides is 1. The number of rotatable bonds is 8. The molecule has 0 spiro atoms. The molecule has 1 amide bonds. The predicted octanol–water partition coefficient (Wildman–Crippen LogP) is 2.08. The topological polar surface area (TPSA) is 70.9 Å². The van der Waals surface area contributed by atoms with Crippen LogP contribution in [-0.4, -0.2) is 48.6 Å². The van der Waals surface area contributed by atoms with Crippen molar-refractivity contribution in [1.29, 1.82) is 0 Å². The van der Waals surface area contributed by atoms with Gasteiger partial charge in [-0.2, -0.15) is 0 Å². The van der Waals surface area contributed by atoms with Crippen molar-refractivity contribution in [2.24, 2.45) is 0 Å². The van der Waals surface area contributed by atoms with Gasteiger partial charge in [0.1, 0.15) is 4.90 Å². The molecule has 0 fully saturated rings. The van der Waals surface area contributed by atoms with Gasteiger partial charge in [0.25, 0.3) is 15.9 Å². The van der Waals surface area contributed by atoms with Crippen molar-refractivity contribution in [2.45, 2.75) is 11.3 Å². The van der Waals surface area contributed by atoms with E-state index < -0.39 is 10.0 Å². The quantitative estimate of drug-likeness (QED) is 0.612. The fourth-order valence-corrected chi connectivity index (χ4v) is 4.35. The molecule has 0 radical (unpaired) electrons. The van der Waals surface area contributed by atoms with Crippen molar-refractivity contribution >= 4 is 44.8 Å². The molecule has 0 heterocycles. The molecular weight excluding hydrogens is 421 g/mol. The third kappa shape index (κ3) is 5.61. The number of quaternary nitrogens is 1. The minimum absolute atomic E-state index is 0.0496. The van der Waals surface area contributed by atoms with Crippen LogP contribution in [-0.2, 0) is 10.0 Å². The van der Waals surface area contributed by atoms with E-state index in [0.29, 0.717) is 17.3 Å². The first kappa shape index (κ1) is 22.5. The molecule has 0 aliphatic heterocycles. The molecule has 2 rings (SSSR count). The summed E-state index contributed by atoms with van der Waals surface area (Å²) in [5.74, 6) is -0.337. The zero-order valence-electron chi connectivity index (χ0n) is 16.0. The molecule has 2 aromatic rings. The lowest BCUT2D eigenvalue weighted by molar-refractivity contribution is -0.858. The molecule has 0 aromatic heterocycles. The van der Waals surface area contributed by atoms with Crippen molar-refractivity contribution in [3.8, 4) is 0 Å². The molecule has 0 saturated heterocycles. The van der Waals surface area contributed by atoms with Gasteiger partial charge in [-0.15, -0.1) is 0 Å². The number of hydrogen-bond acceptors (Lipinski definition) is 3. The zero-order valence-corrected chi connectivity index (χ0v) is 18.3. The van der Waals surface area contributed by atoms with Gasteiger partial charge in [-0.05, 0) is 42.5 Å². The van der Waals surface area contributed by atoms with Gasteiger partial charge in [-0.3, -0.25) is 9.10 Å². The number of halogens is 2. The van der Waals surface area contributed by atoms with Crippen LogP contribution >= 0.6 is 23.2 Å². The summed E-state index contributed by atoms with van der Waals surface area (Å²) < 4.78 is 27.1. The van der Waals surface area contributed by atoms with Gasteiger partial charge in [0.15, 0.2) is 0 Å². The predicted molar refractivity (Wildman–Crippen MR) is 113 cm³/mol. The van der Waals surface area contributed by atoms with Gasteiger partial charge in [-0.1, -0.05) is 23.2 Å². The minimum atomic E-state index is -3.95. The molecule has 0 aliphatic rings. The van der Waals surface area contributed by atoms with Crippen LogP contribution in [0.15, 0.2) is 47.4 Å². The SMILES string of the molecule is CN(c1ccc(Cl)cc1)S(=O)(=O)c1cc(C(=O)NCCC[NH+](C)C)ccc1Cl. The second-order valence-electron chi connectivity index (χ2n) is 6.66. The maximum absolute atomic E-state index is 13.0. The van der Waals surface area contributed by atoms with Gasteiger partial charge in [0, 0.05) is 30.6 Å². The highest BCUT2D eigenvalue weighted by Gasteiger charge is 2.25. The highest BCUT2D eigenvalue weighted by atomic mass is 35.5. The van der Waals surface area contributed by atoms with E-state index in [2.05, 4.69) is 5.32 Å². The number of sulfonamides is 1. The van der Waals surface area contributed by atoms with Gasteiger partial charge >= 0.3 is 0 Å². The van der Waals surface area contributed by atoms with E-state index in [9.17, 15) is 13.2 Å². The Labute approximate surface area is 176 Å². The van der Waals surface area contributed by atoms with E-state index in [-0.39, 0.29) is 21.4 Å². The monoisotopic (exact) mass is 444 g/mol. The van der Waals surface area contributed by atoms with E-state index in [1.165, 1.54) is 30.1 Å². The first-order valence-corrected chi connectivity index (χ1v) is 10.9. The normalized spacial score (nSPS) is 11.5. The van der Waals surface area contributed by atoms with E-state index in [1.807, 2.05) is 14.1 Å². The molecule has 28 heavy (non-hydrogen) atoms. The number of nitrogens with zero attached hydrogens (tertiary/aromatic N) is 1. The number of carbonyl (C=O) groups excluding carboxylic acids is 1. The summed E-state index contributed by atoms with van der Waals surface area (Å²) in [6.07, 6.45) is 0.826. The fraction of sp³-hybridized carbons (Fsp3) is 0.316.